The number of hydrogen-bond donors (Lipinski definition) is 2. The molecule has 1 aliphatic rings. The average Bonchev–Trinajstić information content (AvgIpc) is 2.61. The molecule has 0 radical (unpaired) electrons. The Morgan fingerprint density at radius 2 is 2.36 bits per heavy atom. The Hall–Kier alpha value is -0.610. The van der Waals surface area contributed by atoms with E-state index in [9.17, 15) is 4.79 Å². The zero-order valence-electron chi connectivity index (χ0n) is 8.95. The molecule has 0 saturated heterocycles. The van der Waals surface area contributed by atoms with Crippen molar-refractivity contribution in [3.63, 3.8) is 0 Å². The molecule has 0 spiro atoms. The summed E-state index contributed by atoms with van der Waals surface area (Å²) in [4.78, 5) is 10.8. The van der Waals surface area contributed by atoms with Crippen LogP contribution in [0.4, 0.5) is 0 Å². The van der Waals surface area contributed by atoms with Gasteiger partial charge in [-0.3, -0.25) is 4.79 Å². The van der Waals surface area contributed by atoms with Crippen molar-refractivity contribution in [2.24, 2.45) is 11.7 Å². The van der Waals surface area contributed by atoms with Gasteiger partial charge in [-0.05, 0) is 19.3 Å². The van der Waals surface area contributed by atoms with E-state index < -0.39 is 0 Å². The Morgan fingerprint density at radius 1 is 1.64 bits per heavy atom. The summed E-state index contributed by atoms with van der Waals surface area (Å²) in [5.74, 6) is -0.324. The molecule has 1 amide bonds. The van der Waals surface area contributed by atoms with E-state index >= 15 is 0 Å². The van der Waals surface area contributed by atoms with Gasteiger partial charge in [0.2, 0.25) is 5.91 Å². The number of primary amides is 1. The van der Waals surface area contributed by atoms with Gasteiger partial charge in [0.25, 0.3) is 0 Å². The van der Waals surface area contributed by atoms with Gasteiger partial charge < -0.3 is 15.8 Å². The normalized spacial score (nSPS) is 29.0. The van der Waals surface area contributed by atoms with Gasteiger partial charge in [-0.2, -0.15) is 0 Å². The molecule has 0 aromatic heterocycles. The van der Waals surface area contributed by atoms with E-state index in [1.54, 1.807) is 7.11 Å². The summed E-state index contributed by atoms with van der Waals surface area (Å²) in [5, 5.41) is 3.35. The SMILES string of the molecule is COC1CCC(NCC(C)C(N)=O)C1. The van der Waals surface area contributed by atoms with Crippen LogP contribution in [-0.2, 0) is 9.53 Å². The van der Waals surface area contributed by atoms with E-state index in [-0.39, 0.29) is 11.8 Å². The lowest BCUT2D eigenvalue weighted by atomic mass is 10.1. The maximum absolute atomic E-state index is 10.8. The fourth-order valence-electron chi connectivity index (χ4n) is 1.78. The van der Waals surface area contributed by atoms with E-state index in [0.29, 0.717) is 18.7 Å². The number of carbonyl (C=O) groups excluding carboxylic acids is 1. The highest BCUT2D eigenvalue weighted by Crippen LogP contribution is 2.21. The average molecular weight is 200 g/mol. The number of amides is 1. The van der Waals surface area contributed by atoms with Gasteiger partial charge in [0, 0.05) is 25.6 Å². The van der Waals surface area contributed by atoms with Gasteiger partial charge in [0.1, 0.15) is 0 Å². The standard InChI is InChI=1S/C10H20N2O2/c1-7(10(11)13)6-12-8-3-4-9(5-8)14-2/h7-9,12H,3-6H2,1-2H3,(H2,11,13). The maximum atomic E-state index is 10.8. The zero-order valence-corrected chi connectivity index (χ0v) is 8.95. The third-order valence-corrected chi connectivity index (χ3v) is 2.92. The van der Waals surface area contributed by atoms with Crippen molar-refractivity contribution in [1.29, 1.82) is 0 Å². The molecule has 0 bridgehead atoms. The van der Waals surface area contributed by atoms with Crippen LogP contribution in [0.2, 0.25) is 0 Å². The van der Waals surface area contributed by atoms with E-state index in [2.05, 4.69) is 5.32 Å². The Balaban J connectivity index is 2.17. The molecule has 4 nitrogen and oxygen atoms in total. The first-order valence-corrected chi connectivity index (χ1v) is 5.19. The number of nitrogens with two attached hydrogens (primary N) is 1. The second kappa shape index (κ2) is 5.32. The van der Waals surface area contributed by atoms with Crippen LogP contribution >= 0.6 is 0 Å². The fraction of sp³-hybridized carbons (Fsp3) is 0.900. The minimum Gasteiger partial charge on any atom is -0.381 e. The lowest BCUT2D eigenvalue weighted by Gasteiger charge is -2.15. The summed E-state index contributed by atoms with van der Waals surface area (Å²) in [5.41, 5.74) is 5.17. The highest BCUT2D eigenvalue weighted by Gasteiger charge is 2.24. The van der Waals surface area contributed by atoms with Crippen molar-refractivity contribution in [3.05, 3.63) is 0 Å². The topological polar surface area (TPSA) is 64.3 Å². The van der Waals surface area contributed by atoms with Crippen LogP contribution in [-0.4, -0.2) is 31.7 Å². The van der Waals surface area contributed by atoms with Crippen LogP contribution in [0.25, 0.3) is 0 Å². The van der Waals surface area contributed by atoms with Crippen LogP contribution in [0.5, 0.6) is 0 Å². The second-order valence-corrected chi connectivity index (χ2v) is 4.08. The summed E-state index contributed by atoms with van der Waals surface area (Å²) in [6.45, 7) is 2.52. The van der Waals surface area contributed by atoms with Gasteiger partial charge >= 0.3 is 0 Å². The third kappa shape index (κ3) is 3.27. The first kappa shape index (κ1) is 11.5. The van der Waals surface area contributed by atoms with Gasteiger partial charge in [-0.15, -0.1) is 0 Å². The molecular weight excluding hydrogens is 180 g/mol. The quantitative estimate of drug-likeness (QED) is 0.669. The molecular formula is C10H20N2O2. The van der Waals surface area contributed by atoms with Crippen molar-refractivity contribution < 1.29 is 9.53 Å². The minimum absolute atomic E-state index is 0.0865. The molecule has 1 fully saturated rings. The van der Waals surface area contributed by atoms with Gasteiger partial charge in [0.05, 0.1) is 6.10 Å². The molecule has 1 rings (SSSR count). The molecule has 0 aromatic rings. The molecule has 0 aliphatic heterocycles. The lowest BCUT2D eigenvalue weighted by Crippen LogP contribution is -2.36. The molecule has 3 N–H and O–H groups in total. The molecule has 1 aliphatic carbocycles. The molecule has 1 saturated carbocycles. The summed E-state index contributed by atoms with van der Waals surface area (Å²) >= 11 is 0. The predicted molar refractivity (Wildman–Crippen MR) is 54.8 cm³/mol. The van der Waals surface area contributed by atoms with Crippen LogP contribution in [0.3, 0.4) is 0 Å². The third-order valence-electron chi connectivity index (χ3n) is 2.92. The van der Waals surface area contributed by atoms with Crippen LogP contribution in [0, 0.1) is 5.92 Å². The minimum atomic E-state index is -0.237. The Bertz CT molecular complexity index is 197. The number of methoxy groups -OCH3 is 1. The van der Waals surface area contributed by atoms with Crippen LogP contribution in [0.1, 0.15) is 26.2 Å². The smallest absolute Gasteiger partial charge is 0.221 e. The molecule has 4 heteroatoms. The van der Waals surface area contributed by atoms with Crippen molar-refractivity contribution in [3.8, 4) is 0 Å². The van der Waals surface area contributed by atoms with Crippen molar-refractivity contribution in [1.82, 2.24) is 5.32 Å². The maximum Gasteiger partial charge on any atom is 0.221 e. The first-order chi connectivity index (χ1) is 6.63. The molecule has 3 unspecified atom stereocenters. The highest BCUT2D eigenvalue weighted by atomic mass is 16.5. The first-order valence-electron chi connectivity index (χ1n) is 5.19. The second-order valence-electron chi connectivity index (χ2n) is 4.08. The summed E-state index contributed by atoms with van der Waals surface area (Å²) < 4.78 is 5.26. The van der Waals surface area contributed by atoms with Gasteiger partial charge in [0.15, 0.2) is 0 Å². The fourth-order valence-corrected chi connectivity index (χ4v) is 1.78. The Labute approximate surface area is 85.2 Å². The molecule has 14 heavy (non-hydrogen) atoms. The summed E-state index contributed by atoms with van der Waals surface area (Å²) in [6.07, 6.45) is 3.67. The summed E-state index contributed by atoms with van der Waals surface area (Å²) in [7, 11) is 1.75. The van der Waals surface area contributed by atoms with Gasteiger partial charge in [-0.25, -0.2) is 0 Å². The zero-order chi connectivity index (χ0) is 10.6. The van der Waals surface area contributed by atoms with Crippen molar-refractivity contribution in [2.45, 2.75) is 38.3 Å². The Kier molecular flexibility index (Phi) is 4.35. The van der Waals surface area contributed by atoms with E-state index in [0.717, 1.165) is 19.3 Å². The van der Waals surface area contributed by atoms with Crippen LogP contribution in [0.15, 0.2) is 0 Å². The Morgan fingerprint density at radius 3 is 2.86 bits per heavy atom. The predicted octanol–water partition coefficient (Wildman–Crippen LogP) is 0.265. The molecule has 82 valence electrons. The summed E-state index contributed by atoms with van der Waals surface area (Å²) in [6, 6.07) is 0.488. The molecule has 0 aromatic carbocycles. The number of ether oxygens (including phenoxy) is 1. The van der Waals surface area contributed by atoms with Crippen molar-refractivity contribution >= 4 is 5.91 Å². The monoisotopic (exact) mass is 200 g/mol. The van der Waals surface area contributed by atoms with Gasteiger partial charge in [-0.1, -0.05) is 6.92 Å². The van der Waals surface area contributed by atoms with E-state index in [4.69, 9.17) is 10.5 Å². The number of nitrogens with one attached hydrogen (secondary N) is 1. The highest BCUT2D eigenvalue weighted by molar-refractivity contribution is 5.76. The largest absolute Gasteiger partial charge is 0.381 e. The number of hydrogen-bond acceptors (Lipinski definition) is 3. The number of rotatable bonds is 5. The molecule has 0 heterocycles. The van der Waals surface area contributed by atoms with E-state index in [1.807, 2.05) is 6.92 Å². The van der Waals surface area contributed by atoms with Crippen molar-refractivity contribution in [2.75, 3.05) is 13.7 Å². The molecule has 3 atom stereocenters. The number of carbonyl (C=O) groups is 1. The lowest BCUT2D eigenvalue weighted by molar-refractivity contribution is -0.121. The van der Waals surface area contributed by atoms with E-state index in [1.165, 1.54) is 0 Å². The van der Waals surface area contributed by atoms with Crippen LogP contribution < -0.4 is 11.1 Å².